The fourth-order valence-corrected chi connectivity index (χ4v) is 2.93. The van der Waals surface area contributed by atoms with Crippen LogP contribution < -0.4 is 5.73 Å². The maximum atomic E-state index is 13.1. The van der Waals surface area contributed by atoms with Gasteiger partial charge in [0.15, 0.2) is 0 Å². The molecule has 0 spiro atoms. The molecule has 0 fully saturated rings. The quantitative estimate of drug-likeness (QED) is 0.652. The van der Waals surface area contributed by atoms with Crippen molar-refractivity contribution in [3.8, 4) is 12.3 Å². The van der Waals surface area contributed by atoms with Gasteiger partial charge < -0.3 is 10.6 Å². The third kappa shape index (κ3) is 4.35. The summed E-state index contributed by atoms with van der Waals surface area (Å²) in [5.74, 6) is 2.55. The lowest BCUT2D eigenvalue weighted by molar-refractivity contribution is -0.137. The van der Waals surface area contributed by atoms with Crippen molar-refractivity contribution in [2.45, 2.75) is 32.6 Å². The molecule has 3 aromatic rings. The standard InChI is InChI=1S/C22H19F3N4O/c1-4-14(3)29(12-18-7-6-17(11-27-18)22(23,24)25)21(30)15-5-8-19-16(10-15)9-13(2)20(26)28-19/h1,5-11,14H,12H2,2-3H3,(H2,26,28)/t14-/m0/s1. The minimum absolute atomic E-state index is 0.0284. The van der Waals surface area contributed by atoms with Crippen LogP contribution in [-0.2, 0) is 12.7 Å². The fraction of sp³-hybridized carbons (Fsp3) is 0.227. The molecule has 1 aromatic carbocycles. The van der Waals surface area contributed by atoms with Gasteiger partial charge in [-0.25, -0.2) is 4.98 Å². The third-order valence-electron chi connectivity index (χ3n) is 4.75. The predicted octanol–water partition coefficient (Wildman–Crippen LogP) is 4.20. The number of halogens is 3. The van der Waals surface area contributed by atoms with Crippen molar-refractivity contribution < 1.29 is 18.0 Å². The van der Waals surface area contributed by atoms with Crippen LogP contribution in [0.1, 0.15) is 34.1 Å². The number of benzene rings is 1. The van der Waals surface area contributed by atoms with E-state index in [1.807, 2.05) is 13.0 Å². The Morgan fingerprint density at radius 3 is 2.60 bits per heavy atom. The second-order valence-corrected chi connectivity index (χ2v) is 6.91. The van der Waals surface area contributed by atoms with E-state index in [4.69, 9.17) is 12.2 Å². The molecule has 0 radical (unpaired) electrons. The Hall–Kier alpha value is -3.60. The highest BCUT2D eigenvalue weighted by Gasteiger charge is 2.31. The first kappa shape index (κ1) is 21.1. The molecule has 0 aliphatic rings. The molecule has 0 aliphatic heterocycles. The third-order valence-corrected chi connectivity index (χ3v) is 4.75. The highest BCUT2D eigenvalue weighted by Crippen LogP contribution is 2.28. The van der Waals surface area contributed by atoms with Crippen molar-refractivity contribution in [3.05, 3.63) is 65.0 Å². The number of hydrogen-bond acceptors (Lipinski definition) is 4. The van der Waals surface area contributed by atoms with Crippen LogP contribution in [-0.4, -0.2) is 26.8 Å². The highest BCUT2D eigenvalue weighted by molar-refractivity contribution is 5.98. The predicted molar refractivity (Wildman–Crippen MR) is 108 cm³/mol. The number of anilines is 1. The van der Waals surface area contributed by atoms with Gasteiger partial charge in [0, 0.05) is 17.1 Å². The molecule has 2 heterocycles. The molecule has 1 amide bonds. The zero-order chi connectivity index (χ0) is 22.1. The molecule has 2 aromatic heterocycles. The topological polar surface area (TPSA) is 72.1 Å². The average molecular weight is 412 g/mol. The van der Waals surface area contributed by atoms with Gasteiger partial charge in [-0.05, 0) is 55.8 Å². The van der Waals surface area contributed by atoms with E-state index < -0.39 is 17.8 Å². The molecule has 1 atom stereocenters. The largest absolute Gasteiger partial charge is 0.417 e. The Morgan fingerprint density at radius 2 is 2.00 bits per heavy atom. The van der Waals surface area contributed by atoms with E-state index in [9.17, 15) is 18.0 Å². The van der Waals surface area contributed by atoms with Gasteiger partial charge in [0.2, 0.25) is 0 Å². The SMILES string of the molecule is C#C[C@H](C)N(Cc1ccc(C(F)(F)F)cn1)C(=O)c1ccc2nc(N)c(C)cc2c1. The first-order chi connectivity index (χ1) is 14.1. The molecule has 0 unspecified atom stereocenters. The number of pyridine rings is 2. The molecule has 0 saturated heterocycles. The molecular formula is C22H19F3N4O. The van der Waals surface area contributed by atoms with Crippen molar-refractivity contribution in [1.82, 2.24) is 14.9 Å². The Labute approximate surface area is 171 Å². The summed E-state index contributed by atoms with van der Waals surface area (Å²) in [7, 11) is 0. The first-order valence-electron chi connectivity index (χ1n) is 9.06. The van der Waals surface area contributed by atoms with E-state index in [0.717, 1.165) is 23.2 Å². The fourth-order valence-electron chi connectivity index (χ4n) is 2.93. The monoisotopic (exact) mass is 412 g/mol. The molecule has 0 bridgehead atoms. The van der Waals surface area contributed by atoms with Gasteiger partial charge in [0.1, 0.15) is 5.82 Å². The van der Waals surface area contributed by atoms with Crippen LogP contribution in [0.3, 0.4) is 0 Å². The number of aryl methyl sites for hydroxylation is 1. The van der Waals surface area contributed by atoms with Crippen molar-refractivity contribution in [2.75, 3.05) is 5.73 Å². The van der Waals surface area contributed by atoms with Gasteiger partial charge in [-0.3, -0.25) is 9.78 Å². The number of aromatic nitrogens is 2. The number of hydrogen-bond donors (Lipinski definition) is 1. The van der Waals surface area contributed by atoms with Gasteiger partial charge in [-0.1, -0.05) is 5.92 Å². The van der Waals surface area contributed by atoms with E-state index in [-0.39, 0.29) is 12.5 Å². The van der Waals surface area contributed by atoms with Crippen LogP contribution >= 0.6 is 0 Å². The Balaban J connectivity index is 1.92. The molecule has 8 heteroatoms. The molecule has 154 valence electrons. The molecular weight excluding hydrogens is 393 g/mol. The Kier molecular flexibility index (Phi) is 5.65. The molecule has 2 N–H and O–H groups in total. The van der Waals surface area contributed by atoms with Crippen LogP contribution in [0.5, 0.6) is 0 Å². The summed E-state index contributed by atoms with van der Waals surface area (Å²) in [6.07, 6.45) is 1.78. The number of nitrogen functional groups attached to an aromatic ring is 1. The summed E-state index contributed by atoms with van der Waals surface area (Å²) >= 11 is 0. The molecule has 3 rings (SSSR count). The Morgan fingerprint density at radius 1 is 1.27 bits per heavy atom. The number of alkyl halides is 3. The number of terminal acetylenes is 1. The number of carbonyl (C=O) groups is 1. The van der Waals surface area contributed by atoms with Crippen molar-refractivity contribution >= 4 is 22.6 Å². The van der Waals surface area contributed by atoms with Crippen LogP contribution in [0.25, 0.3) is 10.9 Å². The highest BCUT2D eigenvalue weighted by atomic mass is 19.4. The van der Waals surface area contributed by atoms with Crippen molar-refractivity contribution in [2.24, 2.45) is 0 Å². The van der Waals surface area contributed by atoms with E-state index in [2.05, 4.69) is 15.9 Å². The molecule has 5 nitrogen and oxygen atoms in total. The number of fused-ring (bicyclic) bond motifs is 1. The van der Waals surface area contributed by atoms with E-state index >= 15 is 0 Å². The maximum Gasteiger partial charge on any atom is 0.417 e. The van der Waals surface area contributed by atoms with Crippen molar-refractivity contribution in [3.63, 3.8) is 0 Å². The van der Waals surface area contributed by atoms with Crippen LogP contribution in [0.4, 0.5) is 19.0 Å². The summed E-state index contributed by atoms with van der Waals surface area (Å²) in [6.45, 7) is 3.45. The summed E-state index contributed by atoms with van der Waals surface area (Å²) in [5, 5.41) is 0.744. The van der Waals surface area contributed by atoms with Gasteiger partial charge in [-0.2, -0.15) is 13.2 Å². The number of amides is 1. The van der Waals surface area contributed by atoms with Gasteiger partial charge in [-0.15, -0.1) is 6.42 Å². The lowest BCUT2D eigenvalue weighted by atomic mass is 10.1. The van der Waals surface area contributed by atoms with E-state index in [0.29, 0.717) is 22.6 Å². The summed E-state index contributed by atoms with van der Waals surface area (Å²) < 4.78 is 38.3. The zero-order valence-electron chi connectivity index (χ0n) is 16.4. The van der Waals surface area contributed by atoms with Crippen molar-refractivity contribution in [1.29, 1.82) is 0 Å². The molecule has 0 saturated carbocycles. The molecule has 30 heavy (non-hydrogen) atoms. The lowest BCUT2D eigenvalue weighted by Gasteiger charge is -2.26. The van der Waals surface area contributed by atoms with Crippen LogP contribution in [0, 0.1) is 19.3 Å². The van der Waals surface area contributed by atoms with Gasteiger partial charge >= 0.3 is 6.18 Å². The minimum atomic E-state index is -4.48. The smallest absolute Gasteiger partial charge is 0.383 e. The summed E-state index contributed by atoms with van der Waals surface area (Å²) in [4.78, 5) is 22.7. The average Bonchev–Trinajstić information content (AvgIpc) is 2.71. The number of nitrogens with two attached hydrogens (primary N) is 1. The van der Waals surface area contributed by atoms with E-state index in [1.54, 1.807) is 25.1 Å². The second kappa shape index (κ2) is 8.03. The zero-order valence-corrected chi connectivity index (χ0v) is 16.4. The minimum Gasteiger partial charge on any atom is -0.383 e. The first-order valence-corrected chi connectivity index (χ1v) is 9.06. The number of carbonyl (C=O) groups excluding carboxylic acids is 1. The van der Waals surface area contributed by atoms with E-state index in [1.165, 1.54) is 11.0 Å². The number of nitrogens with zero attached hydrogens (tertiary/aromatic N) is 3. The van der Waals surface area contributed by atoms with Crippen LogP contribution in [0.15, 0.2) is 42.6 Å². The maximum absolute atomic E-state index is 13.1. The summed E-state index contributed by atoms with van der Waals surface area (Å²) in [6, 6.07) is 8.40. The normalized spacial score (nSPS) is 12.4. The van der Waals surface area contributed by atoms with Gasteiger partial charge in [0.25, 0.3) is 5.91 Å². The summed E-state index contributed by atoms with van der Waals surface area (Å²) in [5.41, 5.74) is 7.08. The second-order valence-electron chi connectivity index (χ2n) is 6.91. The lowest BCUT2D eigenvalue weighted by Crippen LogP contribution is -2.37. The van der Waals surface area contributed by atoms with Crippen LogP contribution in [0.2, 0.25) is 0 Å². The molecule has 0 aliphatic carbocycles. The number of rotatable bonds is 4. The van der Waals surface area contributed by atoms with Gasteiger partial charge in [0.05, 0.1) is 29.4 Å². The Bertz CT molecular complexity index is 1130.